The van der Waals surface area contributed by atoms with E-state index < -0.39 is 0 Å². The van der Waals surface area contributed by atoms with Crippen LogP contribution in [0.15, 0.2) is 47.5 Å². The van der Waals surface area contributed by atoms with Gasteiger partial charge in [-0.25, -0.2) is 4.70 Å². The van der Waals surface area contributed by atoms with Crippen molar-refractivity contribution in [1.82, 2.24) is 0 Å². The van der Waals surface area contributed by atoms with Crippen molar-refractivity contribution in [3.63, 3.8) is 0 Å². The average molecular weight is 541 g/mol. The van der Waals surface area contributed by atoms with Crippen LogP contribution >= 0.6 is 0 Å². The van der Waals surface area contributed by atoms with E-state index in [0.29, 0.717) is 0 Å². The number of benzene rings is 2. The fourth-order valence-corrected chi connectivity index (χ4v) is 6.28. The molecule has 1 aliphatic heterocycles. The first-order valence-electron chi connectivity index (χ1n) is 16.6. The number of rotatable bonds is 18. The molecule has 2 aromatic carbocycles. The third-order valence-electron chi connectivity index (χ3n) is 8.38. The summed E-state index contributed by atoms with van der Waals surface area (Å²) in [5.74, 6) is 0. The minimum atomic E-state index is 1.02. The number of hydrogen-bond acceptors (Lipinski definition) is 0. The number of aryl methyl sites for hydroxylation is 4. The van der Waals surface area contributed by atoms with E-state index in [1.165, 1.54) is 103 Å². The quantitative estimate of drug-likeness (QED) is 0.133. The summed E-state index contributed by atoms with van der Waals surface area (Å²) >= 11 is 0. The molecule has 0 unspecified atom stereocenters. The van der Waals surface area contributed by atoms with Crippen LogP contribution < -0.4 is 0 Å². The summed E-state index contributed by atoms with van der Waals surface area (Å²) in [4.78, 5) is 0. The van der Waals surface area contributed by atoms with Gasteiger partial charge in [0.05, 0.1) is 0 Å². The van der Waals surface area contributed by atoms with Gasteiger partial charge in [-0.2, -0.15) is 0 Å². The van der Waals surface area contributed by atoms with Crippen molar-refractivity contribution in [2.45, 2.75) is 144 Å². The predicted molar refractivity (Wildman–Crippen MR) is 175 cm³/mol. The average Bonchev–Trinajstić information content (AvgIpc) is 3.21. The molecule has 0 bridgehead atoms. The Morgan fingerprint density at radius 1 is 0.475 bits per heavy atom. The SMILES string of the molecule is CCCCCCCCC1=C(c2cc(CCCC)cc(CCCC)c2)[N+](=[N-])C(c2cc(C)cc(C)c2)=C1CCCC. The van der Waals surface area contributed by atoms with Gasteiger partial charge in [0, 0.05) is 22.3 Å². The van der Waals surface area contributed by atoms with Crippen LogP contribution in [0.3, 0.4) is 0 Å². The Morgan fingerprint density at radius 3 is 1.43 bits per heavy atom. The molecule has 0 saturated carbocycles. The van der Waals surface area contributed by atoms with Crippen molar-refractivity contribution < 1.29 is 4.70 Å². The van der Waals surface area contributed by atoms with Crippen molar-refractivity contribution in [3.8, 4) is 0 Å². The molecule has 0 radical (unpaired) electrons. The first kappa shape index (κ1) is 32.0. The Hall–Kier alpha value is -2.48. The highest BCUT2D eigenvalue weighted by atomic mass is 15.2. The molecule has 2 aromatic rings. The largest absolute Gasteiger partial charge is 0.493 e. The Kier molecular flexibility index (Phi) is 13.4. The molecule has 0 amide bonds. The lowest BCUT2D eigenvalue weighted by atomic mass is 9.90. The lowest BCUT2D eigenvalue weighted by Crippen LogP contribution is -2.04. The maximum absolute atomic E-state index is 12.1. The third kappa shape index (κ3) is 8.76. The molecule has 2 heteroatoms. The number of unbranched alkanes of at least 4 members (excludes halogenated alkanes) is 8. The Labute approximate surface area is 246 Å². The van der Waals surface area contributed by atoms with E-state index in [-0.39, 0.29) is 0 Å². The highest BCUT2D eigenvalue weighted by molar-refractivity contribution is 5.82. The van der Waals surface area contributed by atoms with Gasteiger partial charge in [0.2, 0.25) is 11.4 Å². The highest BCUT2D eigenvalue weighted by Crippen LogP contribution is 2.45. The van der Waals surface area contributed by atoms with Gasteiger partial charge in [-0.15, -0.1) is 0 Å². The summed E-state index contributed by atoms with van der Waals surface area (Å²) in [7, 11) is 0. The summed E-state index contributed by atoms with van der Waals surface area (Å²) in [6.07, 6.45) is 19.1. The molecule has 0 saturated heterocycles. The van der Waals surface area contributed by atoms with Gasteiger partial charge in [0.25, 0.3) is 0 Å². The van der Waals surface area contributed by atoms with E-state index in [1.807, 2.05) is 0 Å². The van der Waals surface area contributed by atoms with Crippen LogP contribution in [0.25, 0.3) is 16.9 Å². The van der Waals surface area contributed by atoms with Crippen molar-refractivity contribution in [2.24, 2.45) is 0 Å². The second-order valence-corrected chi connectivity index (χ2v) is 12.2. The molecule has 218 valence electrons. The molecule has 3 rings (SSSR count). The Morgan fingerprint density at radius 2 is 0.900 bits per heavy atom. The summed E-state index contributed by atoms with van der Waals surface area (Å²) < 4.78 is 1.59. The number of nitrogens with zero attached hydrogens (tertiary/aromatic N) is 2. The molecule has 1 heterocycles. The molecule has 0 spiro atoms. The zero-order valence-electron chi connectivity index (χ0n) is 26.7. The van der Waals surface area contributed by atoms with Gasteiger partial charge < -0.3 is 5.53 Å². The first-order valence-corrected chi connectivity index (χ1v) is 16.6. The van der Waals surface area contributed by atoms with Gasteiger partial charge >= 0.3 is 0 Å². The van der Waals surface area contributed by atoms with Crippen molar-refractivity contribution >= 4 is 11.4 Å². The lowest BCUT2D eigenvalue weighted by molar-refractivity contribution is -0.345. The summed E-state index contributed by atoms with van der Waals surface area (Å²) in [6, 6.07) is 13.9. The van der Waals surface area contributed by atoms with Crippen molar-refractivity contribution in [2.75, 3.05) is 0 Å². The summed E-state index contributed by atoms with van der Waals surface area (Å²) in [5.41, 5.74) is 24.6. The van der Waals surface area contributed by atoms with Crippen LogP contribution in [0.1, 0.15) is 151 Å². The van der Waals surface area contributed by atoms with Crippen molar-refractivity contribution in [1.29, 1.82) is 0 Å². The van der Waals surface area contributed by atoms with E-state index in [0.717, 1.165) is 55.5 Å². The monoisotopic (exact) mass is 540 g/mol. The molecular formula is C38H56N2. The Balaban J connectivity index is 2.14. The van der Waals surface area contributed by atoms with E-state index in [9.17, 15) is 5.53 Å². The third-order valence-corrected chi connectivity index (χ3v) is 8.38. The molecule has 1 aliphatic rings. The van der Waals surface area contributed by atoms with Gasteiger partial charge in [0.1, 0.15) is 0 Å². The van der Waals surface area contributed by atoms with Gasteiger partial charge in [0.15, 0.2) is 0 Å². The smallest absolute Gasteiger partial charge is 0.211 e. The fourth-order valence-electron chi connectivity index (χ4n) is 6.28. The van der Waals surface area contributed by atoms with Gasteiger partial charge in [-0.1, -0.05) is 102 Å². The van der Waals surface area contributed by atoms with Crippen LogP contribution in [0, 0.1) is 13.8 Å². The fraction of sp³-hybridized carbons (Fsp3) is 0.579. The molecule has 0 atom stereocenters. The topological polar surface area (TPSA) is 25.3 Å². The summed E-state index contributed by atoms with van der Waals surface area (Å²) in [6.45, 7) is 13.4. The maximum atomic E-state index is 12.1. The standard InChI is InChI=1S/C38H56N2/c1-7-11-15-16-17-18-22-36-35(21-14-10-4)37(33-24-29(5)23-30(6)25-33)40(39)38(36)34-27-31(19-12-8-2)26-32(28-34)20-13-9-3/h23-28H,7-22H2,1-6H3. The lowest BCUT2D eigenvalue weighted by Gasteiger charge is -2.14. The van der Waals surface area contributed by atoms with E-state index in [2.05, 4.69) is 77.9 Å². The molecule has 2 nitrogen and oxygen atoms in total. The van der Waals surface area contributed by atoms with Crippen LogP contribution in [0.4, 0.5) is 0 Å². The molecule has 0 aliphatic carbocycles. The molecule has 40 heavy (non-hydrogen) atoms. The molecule has 0 N–H and O–H groups in total. The van der Waals surface area contributed by atoms with E-state index in [4.69, 9.17) is 0 Å². The van der Waals surface area contributed by atoms with E-state index in [1.54, 1.807) is 4.70 Å². The normalized spacial score (nSPS) is 13.7. The molecule has 0 fully saturated rings. The second kappa shape index (κ2) is 16.7. The number of allylic oxidation sites excluding steroid dienone is 2. The second-order valence-electron chi connectivity index (χ2n) is 12.2. The van der Waals surface area contributed by atoms with Gasteiger partial charge in [-0.05, 0) is 101 Å². The first-order chi connectivity index (χ1) is 19.4. The summed E-state index contributed by atoms with van der Waals surface area (Å²) in [5, 5.41) is 0. The number of hydrogen-bond donors (Lipinski definition) is 0. The van der Waals surface area contributed by atoms with Gasteiger partial charge in [-0.3, -0.25) is 0 Å². The van der Waals surface area contributed by atoms with Crippen molar-refractivity contribution in [3.05, 3.63) is 86.5 Å². The zero-order chi connectivity index (χ0) is 28.9. The van der Waals surface area contributed by atoms with E-state index >= 15 is 0 Å². The molecule has 0 aromatic heterocycles. The zero-order valence-corrected chi connectivity index (χ0v) is 26.7. The minimum absolute atomic E-state index is 1.02. The van der Waals surface area contributed by atoms with Crippen LogP contribution in [-0.4, -0.2) is 4.70 Å². The van der Waals surface area contributed by atoms with Crippen LogP contribution in [0.2, 0.25) is 0 Å². The van der Waals surface area contributed by atoms with Crippen LogP contribution in [0.5, 0.6) is 0 Å². The highest BCUT2D eigenvalue weighted by Gasteiger charge is 2.35. The predicted octanol–water partition coefficient (Wildman–Crippen LogP) is 12.1. The maximum Gasteiger partial charge on any atom is 0.211 e. The van der Waals surface area contributed by atoms with Crippen LogP contribution in [-0.2, 0) is 12.8 Å². The Bertz CT molecular complexity index is 1130. The minimum Gasteiger partial charge on any atom is -0.493 e. The molecular weight excluding hydrogens is 484 g/mol.